The highest BCUT2D eigenvalue weighted by molar-refractivity contribution is 6.43. The minimum atomic E-state index is -0.628. The summed E-state index contributed by atoms with van der Waals surface area (Å²) in [5, 5.41) is 13.5. The standard InChI is InChI=1S/C20H25N3O4/c1-3-17(21-2)19(25)22-15-6-8-23(9-7-15)11-18(24)13-4-5-16-14(10-13)12-27-20(16)26/h3-5,10,15,18,24H,1,6-9,11-12H2,2H3,(H,22,25). The molecule has 27 heavy (non-hydrogen) atoms. The van der Waals surface area contributed by atoms with Crippen LogP contribution < -0.4 is 5.32 Å². The van der Waals surface area contributed by atoms with Crippen LogP contribution in [0.4, 0.5) is 0 Å². The van der Waals surface area contributed by atoms with Crippen LogP contribution >= 0.6 is 0 Å². The normalized spacial score (nSPS) is 19.3. The molecule has 1 unspecified atom stereocenters. The first kappa shape index (κ1) is 19.3. The number of amides is 1. The topological polar surface area (TPSA) is 91.2 Å². The van der Waals surface area contributed by atoms with Crippen molar-refractivity contribution in [1.82, 2.24) is 10.2 Å². The lowest BCUT2D eigenvalue weighted by atomic mass is 10.0. The average Bonchev–Trinajstić information content (AvgIpc) is 3.04. The van der Waals surface area contributed by atoms with Crippen molar-refractivity contribution >= 4 is 17.6 Å². The number of carbonyl (C=O) groups excluding carboxylic acids is 2. The molecule has 0 bridgehead atoms. The number of piperidine rings is 1. The van der Waals surface area contributed by atoms with Gasteiger partial charge in [-0.25, -0.2) is 4.79 Å². The van der Waals surface area contributed by atoms with Crippen LogP contribution in [0.15, 0.2) is 35.8 Å². The van der Waals surface area contributed by atoms with Crippen molar-refractivity contribution in [2.75, 3.05) is 26.7 Å². The molecule has 0 aromatic heterocycles. The molecule has 144 valence electrons. The van der Waals surface area contributed by atoms with E-state index in [1.165, 1.54) is 6.08 Å². The van der Waals surface area contributed by atoms with Crippen molar-refractivity contribution in [3.05, 3.63) is 47.5 Å². The number of hydrogen-bond donors (Lipinski definition) is 2. The number of carbonyl (C=O) groups is 2. The van der Waals surface area contributed by atoms with Crippen LogP contribution in [0.5, 0.6) is 0 Å². The first-order chi connectivity index (χ1) is 13.0. The van der Waals surface area contributed by atoms with E-state index in [0.717, 1.165) is 37.1 Å². The summed E-state index contributed by atoms with van der Waals surface area (Å²) in [6.45, 7) is 5.96. The molecule has 0 spiro atoms. The minimum absolute atomic E-state index is 0.103. The first-order valence-electron chi connectivity index (χ1n) is 9.12. The summed E-state index contributed by atoms with van der Waals surface area (Å²) in [5.41, 5.74) is 2.54. The fourth-order valence-corrected chi connectivity index (χ4v) is 3.52. The highest BCUT2D eigenvalue weighted by Gasteiger charge is 2.25. The van der Waals surface area contributed by atoms with Gasteiger partial charge in [0.2, 0.25) is 0 Å². The number of fused-ring (bicyclic) bond motifs is 1. The Bertz CT molecular complexity index is 766. The van der Waals surface area contributed by atoms with Crippen LogP contribution in [0.3, 0.4) is 0 Å². The van der Waals surface area contributed by atoms with Crippen LogP contribution in [0.2, 0.25) is 0 Å². The van der Waals surface area contributed by atoms with E-state index >= 15 is 0 Å². The third-order valence-electron chi connectivity index (χ3n) is 5.11. The first-order valence-corrected chi connectivity index (χ1v) is 9.12. The van der Waals surface area contributed by atoms with Crippen molar-refractivity contribution < 1.29 is 19.4 Å². The fourth-order valence-electron chi connectivity index (χ4n) is 3.52. The van der Waals surface area contributed by atoms with Gasteiger partial charge < -0.3 is 20.1 Å². The molecule has 1 amide bonds. The number of hydrogen-bond acceptors (Lipinski definition) is 6. The molecule has 2 aliphatic rings. The molecule has 2 N–H and O–H groups in total. The van der Waals surface area contributed by atoms with Gasteiger partial charge in [-0.2, -0.15) is 0 Å². The summed E-state index contributed by atoms with van der Waals surface area (Å²) in [6.07, 6.45) is 2.46. The Hall–Kier alpha value is -2.51. The van der Waals surface area contributed by atoms with E-state index in [9.17, 15) is 14.7 Å². The molecule has 1 aromatic carbocycles. The average molecular weight is 371 g/mol. The second-order valence-corrected chi connectivity index (χ2v) is 6.87. The molecule has 2 heterocycles. The zero-order valence-corrected chi connectivity index (χ0v) is 15.5. The molecular weight excluding hydrogens is 346 g/mol. The van der Waals surface area contributed by atoms with Gasteiger partial charge in [0, 0.05) is 38.3 Å². The minimum Gasteiger partial charge on any atom is -0.457 e. The van der Waals surface area contributed by atoms with Crippen molar-refractivity contribution in [3.8, 4) is 0 Å². The number of likely N-dealkylation sites (tertiary alicyclic amines) is 1. The van der Waals surface area contributed by atoms with Gasteiger partial charge in [0.1, 0.15) is 12.3 Å². The Morgan fingerprint density at radius 2 is 2.22 bits per heavy atom. The van der Waals surface area contributed by atoms with Gasteiger partial charge in [0.15, 0.2) is 0 Å². The number of aliphatic hydroxyl groups is 1. The number of aliphatic hydroxyl groups excluding tert-OH is 1. The van der Waals surface area contributed by atoms with Gasteiger partial charge in [-0.1, -0.05) is 12.6 Å². The lowest BCUT2D eigenvalue weighted by Crippen LogP contribution is -2.47. The summed E-state index contributed by atoms with van der Waals surface area (Å²) >= 11 is 0. The van der Waals surface area contributed by atoms with Crippen LogP contribution in [0.1, 0.15) is 40.4 Å². The zero-order chi connectivity index (χ0) is 19.4. The number of esters is 1. The molecule has 0 radical (unpaired) electrons. The predicted molar refractivity (Wildman–Crippen MR) is 102 cm³/mol. The molecule has 0 saturated carbocycles. The Balaban J connectivity index is 1.50. The smallest absolute Gasteiger partial charge is 0.338 e. The van der Waals surface area contributed by atoms with Gasteiger partial charge in [-0.3, -0.25) is 9.79 Å². The molecule has 2 aliphatic heterocycles. The van der Waals surface area contributed by atoms with E-state index in [2.05, 4.69) is 21.8 Å². The largest absolute Gasteiger partial charge is 0.457 e. The summed E-state index contributed by atoms with van der Waals surface area (Å²) in [4.78, 5) is 29.6. The van der Waals surface area contributed by atoms with Crippen molar-refractivity contribution in [2.24, 2.45) is 4.99 Å². The number of benzene rings is 1. The molecule has 1 aromatic rings. The zero-order valence-electron chi connectivity index (χ0n) is 15.5. The number of nitrogens with one attached hydrogen (secondary N) is 1. The van der Waals surface area contributed by atoms with Crippen LogP contribution in [0, 0.1) is 0 Å². The number of rotatable bonds is 6. The van der Waals surface area contributed by atoms with E-state index in [4.69, 9.17) is 4.74 Å². The molecule has 1 fully saturated rings. The van der Waals surface area contributed by atoms with Crippen LogP contribution in [-0.4, -0.2) is 60.3 Å². The highest BCUT2D eigenvalue weighted by atomic mass is 16.5. The predicted octanol–water partition coefficient (Wildman–Crippen LogP) is 1.23. The van der Waals surface area contributed by atoms with E-state index in [1.807, 2.05) is 6.07 Å². The van der Waals surface area contributed by atoms with E-state index in [1.54, 1.807) is 19.2 Å². The SMILES string of the molecule is C=CC(=NC)C(=O)NC1CCN(CC(O)c2ccc3c(c2)COC3=O)CC1. The molecule has 7 heteroatoms. The quantitative estimate of drug-likeness (QED) is 0.580. The second-order valence-electron chi connectivity index (χ2n) is 6.87. The lowest BCUT2D eigenvalue weighted by Gasteiger charge is -2.33. The number of nitrogens with zero attached hydrogens (tertiary/aromatic N) is 2. The summed E-state index contributed by atoms with van der Waals surface area (Å²) in [5.74, 6) is -0.496. The number of β-amino-alcohol motifs (C(OH)–C–C–N with tert-alkyl or cyclic N) is 1. The second kappa shape index (κ2) is 8.45. The molecule has 1 saturated heterocycles. The third kappa shape index (κ3) is 4.43. The van der Waals surface area contributed by atoms with Gasteiger partial charge >= 0.3 is 5.97 Å². The number of ether oxygens (including phenoxy) is 1. The highest BCUT2D eigenvalue weighted by Crippen LogP contribution is 2.25. The summed E-state index contributed by atoms with van der Waals surface area (Å²) in [6, 6.07) is 5.45. The summed E-state index contributed by atoms with van der Waals surface area (Å²) < 4.78 is 5.00. The summed E-state index contributed by atoms with van der Waals surface area (Å²) in [7, 11) is 1.57. The van der Waals surface area contributed by atoms with Gasteiger partial charge in [-0.15, -0.1) is 0 Å². The van der Waals surface area contributed by atoms with Gasteiger partial charge in [0.05, 0.1) is 11.7 Å². The Labute approximate surface area is 158 Å². The maximum Gasteiger partial charge on any atom is 0.338 e. The Kier molecular flexibility index (Phi) is 6.03. The number of cyclic esters (lactones) is 1. The molecular formula is C20H25N3O4. The van der Waals surface area contributed by atoms with Crippen molar-refractivity contribution in [2.45, 2.75) is 31.6 Å². The van der Waals surface area contributed by atoms with E-state index < -0.39 is 6.10 Å². The number of aliphatic imine (C=N–C) groups is 1. The van der Waals surface area contributed by atoms with E-state index in [-0.39, 0.29) is 24.5 Å². The third-order valence-corrected chi connectivity index (χ3v) is 5.11. The van der Waals surface area contributed by atoms with E-state index in [0.29, 0.717) is 17.8 Å². The van der Waals surface area contributed by atoms with Crippen molar-refractivity contribution in [3.63, 3.8) is 0 Å². The molecule has 1 atom stereocenters. The Morgan fingerprint density at radius 3 is 2.89 bits per heavy atom. The lowest BCUT2D eigenvalue weighted by molar-refractivity contribution is -0.115. The van der Waals surface area contributed by atoms with Crippen LogP contribution in [0.25, 0.3) is 0 Å². The van der Waals surface area contributed by atoms with Crippen molar-refractivity contribution in [1.29, 1.82) is 0 Å². The Morgan fingerprint density at radius 1 is 1.48 bits per heavy atom. The van der Waals surface area contributed by atoms with Crippen LogP contribution in [-0.2, 0) is 16.1 Å². The van der Waals surface area contributed by atoms with Gasteiger partial charge in [0.25, 0.3) is 5.91 Å². The maximum absolute atomic E-state index is 12.0. The monoisotopic (exact) mass is 371 g/mol. The fraction of sp³-hybridized carbons (Fsp3) is 0.450. The molecule has 7 nitrogen and oxygen atoms in total. The van der Waals surface area contributed by atoms with Gasteiger partial charge in [-0.05, 0) is 36.6 Å². The molecule has 3 rings (SSSR count). The maximum atomic E-state index is 12.0. The molecule has 0 aliphatic carbocycles.